The molecule has 0 fully saturated rings. The third-order valence-electron chi connectivity index (χ3n) is 4.14. The average Bonchev–Trinajstić information content (AvgIpc) is 2.66. The number of halogens is 1. The number of hydrazone groups is 1. The van der Waals surface area contributed by atoms with Gasteiger partial charge in [-0.1, -0.05) is 43.6 Å². The number of hydrogen-bond donors (Lipinski definition) is 2. The van der Waals surface area contributed by atoms with Crippen molar-refractivity contribution in [3.8, 4) is 5.75 Å². The fraction of sp³-hybridized carbons (Fsp3) is 0.286. The minimum atomic E-state index is -0.740. The standard InChI is InChI=1S/C21H24ClN3O3/c1-13(2)19(24-20(26)16-6-5-7-17(22)11-16)21(27)25-23-12-15-9-8-14(3)18(10-15)28-4/h5-13,19H,1-4H3,(H,24,26)(H,25,27)/b23-12+. The highest BCUT2D eigenvalue weighted by atomic mass is 35.5. The molecule has 2 aromatic rings. The van der Waals surface area contributed by atoms with E-state index in [1.54, 1.807) is 31.4 Å². The van der Waals surface area contributed by atoms with Crippen LogP contribution in [0.4, 0.5) is 0 Å². The fourth-order valence-electron chi connectivity index (χ4n) is 2.55. The van der Waals surface area contributed by atoms with Crippen LogP contribution in [0.3, 0.4) is 0 Å². The Labute approximate surface area is 169 Å². The van der Waals surface area contributed by atoms with E-state index >= 15 is 0 Å². The minimum Gasteiger partial charge on any atom is -0.496 e. The molecule has 0 aliphatic heterocycles. The van der Waals surface area contributed by atoms with Gasteiger partial charge in [-0.15, -0.1) is 0 Å². The normalized spacial score (nSPS) is 12.1. The molecule has 7 heteroatoms. The van der Waals surface area contributed by atoms with Crippen LogP contribution in [0.1, 0.15) is 35.3 Å². The lowest BCUT2D eigenvalue weighted by atomic mass is 10.0. The van der Waals surface area contributed by atoms with Crippen LogP contribution in [0.25, 0.3) is 0 Å². The van der Waals surface area contributed by atoms with Gasteiger partial charge in [0.1, 0.15) is 11.8 Å². The Kier molecular flexibility index (Phi) is 7.58. The minimum absolute atomic E-state index is 0.127. The van der Waals surface area contributed by atoms with Crippen molar-refractivity contribution >= 4 is 29.6 Å². The highest BCUT2D eigenvalue weighted by molar-refractivity contribution is 6.31. The number of carbonyl (C=O) groups excluding carboxylic acids is 2. The first-order valence-corrected chi connectivity index (χ1v) is 9.23. The second-order valence-corrected chi connectivity index (χ2v) is 7.11. The van der Waals surface area contributed by atoms with Gasteiger partial charge in [-0.2, -0.15) is 5.10 Å². The average molecular weight is 402 g/mol. The molecule has 0 aliphatic rings. The smallest absolute Gasteiger partial charge is 0.262 e. The summed E-state index contributed by atoms with van der Waals surface area (Å²) in [6, 6.07) is 11.4. The highest BCUT2D eigenvalue weighted by Crippen LogP contribution is 2.17. The Morgan fingerprint density at radius 1 is 1.18 bits per heavy atom. The van der Waals surface area contributed by atoms with Gasteiger partial charge in [0.2, 0.25) is 0 Å². The number of hydrogen-bond acceptors (Lipinski definition) is 4. The zero-order chi connectivity index (χ0) is 20.7. The van der Waals surface area contributed by atoms with Crippen LogP contribution < -0.4 is 15.5 Å². The van der Waals surface area contributed by atoms with Gasteiger partial charge < -0.3 is 10.1 Å². The number of carbonyl (C=O) groups is 2. The van der Waals surface area contributed by atoms with E-state index in [1.165, 1.54) is 6.21 Å². The fourth-order valence-corrected chi connectivity index (χ4v) is 2.74. The van der Waals surface area contributed by atoms with Crippen molar-refractivity contribution < 1.29 is 14.3 Å². The molecule has 1 atom stereocenters. The number of nitrogens with zero attached hydrogens (tertiary/aromatic N) is 1. The van der Waals surface area contributed by atoms with E-state index in [0.717, 1.165) is 16.9 Å². The molecule has 1 unspecified atom stereocenters. The van der Waals surface area contributed by atoms with Crippen molar-refractivity contribution in [2.24, 2.45) is 11.0 Å². The second-order valence-electron chi connectivity index (χ2n) is 6.67. The first kappa shape index (κ1) is 21.4. The second kappa shape index (κ2) is 9.90. The SMILES string of the molecule is COc1cc(/C=N/NC(=O)C(NC(=O)c2cccc(Cl)c2)C(C)C)ccc1C. The summed E-state index contributed by atoms with van der Waals surface area (Å²) < 4.78 is 5.27. The summed E-state index contributed by atoms with van der Waals surface area (Å²) in [6.07, 6.45) is 1.52. The molecule has 2 aromatic carbocycles. The molecule has 0 saturated heterocycles. The maximum absolute atomic E-state index is 12.5. The number of aryl methyl sites for hydroxylation is 1. The zero-order valence-corrected chi connectivity index (χ0v) is 17.1. The van der Waals surface area contributed by atoms with E-state index in [0.29, 0.717) is 10.6 Å². The molecule has 0 aromatic heterocycles. The Bertz CT molecular complexity index is 881. The van der Waals surface area contributed by atoms with Crippen LogP contribution >= 0.6 is 11.6 Å². The summed E-state index contributed by atoms with van der Waals surface area (Å²) in [6.45, 7) is 5.63. The van der Waals surface area contributed by atoms with Crippen LogP contribution in [0, 0.1) is 12.8 Å². The maximum atomic E-state index is 12.5. The van der Waals surface area contributed by atoms with E-state index in [-0.39, 0.29) is 11.8 Å². The molecular formula is C21H24ClN3O3. The van der Waals surface area contributed by atoms with Gasteiger partial charge in [-0.05, 0) is 48.2 Å². The summed E-state index contributed by atoms with van der Waals surface area (Å²) in [5.41, 5.74) is 4.66. The lowest BCUT2D eigenvalue weighted by molar-refractivity contribution is -0.123. The third-order valence-corrected chi connectivity index (χ3v) is 4.38. The van der Waals surface area contributed by atoms with Crippen molar-refractivity contribution in [2.75, 3.05) is 7.11 Å². The number of ether oxygens (including phenoxy) is 1. The molecule has 0 aliphatic carbocycles. The first-order valence-electron chi connectivity index (χ1n) is 8.85. The first-order chi connectivity index (χ1) is 13.3. The number of rotatable bonds is 7. The number of nitrogens with one attached hydrogen (secondary N) is 2. The molecule has 2 amide bonds. The Morgan fingerprint density at radius 3 is 2.57 bits per heavy atom. The molecule has 0 bridgehead atoms. The number of methoxy groups -OCH3 is 1. The molecule has 2 rings (SSSR count). The summed E-state index contributed by atoms with van der Waals surface area (Å²) in [7, 11) is 1.60. The van der Waals surface area contributed by atoms with Crippen LogP contribution in [0.2, 0.25) is 5.02 Å². The van der Waals surface area contributed by atoms with Crippen LogP contribution in [0.5, 0.6) is 5.75 Å². The molecule has 0 radical (unpaired) electrons. The molecule has 2 N–H and O–H groups in total. The van der Waals surface area contributed by atoms with Gasteiger partial charge in [0.25, 0.3) is 11.8 Å². The summed E-state index contributed by atoms with van der Waals surface area (Å²) >= 11 is 5.92. The van der Waals surface area contributed by atoms with Gasteiger partial charge in [-0.3, -0.25) is 9.59 Å². The monoisotopic (exact) mass is 401 g/mol. The molecule has 6 nitrogen and oxygen atoms in total. The summed E-state index contributed by atoms with van der Waals surface area (Å²) in [5, 5.41) is 7.18. The van der Waals surface area contributed by atoms with Gasteiger partial charge >= 0.3 is 0 Å². The van der Waals surface area contributed by atoms with Gasteiger partial charge in [0.15, 0.2) is 0 Å². The van der Waals surface area contributed by atoms with Crippen molar-refractivity contribution in [2.45, 2.75) is 26.8 Å². The molecule has 0 heterocycles. The Morgan fingerprint density at radius 2 is 1.93 bits per heavy atom. The van der Waals surface area contributed by atoms with Gasteiger partial charge in [0.05, 0.1) is 13.3 Å². The number of benzene rings is 2. The van der Waals surface area contributed by atoms with Crippen molar-refractivity contribution in [1.29, 1.82) is 0 Å². The van der Waals surface area contributed by atoms with E-state index in [4.69, 9.17) is 16.3 Å². The van der Waals surface area contributed by atoms with Crippen molar-refractivity contribution in [3.05, 3.63) is 64.2 Å². The predicted molar refractivity (Wildman–Crippen MR) is 111 cm³/mol. The zero-order valence-electron chi connectivity index (χ0n) is 16.3. The lowest BCUT2D eigenvalue weighted by Crippen LogP contribution is -2.48. The Hall–Kier alpha value is -2.86. The van der Waals surface area contributed by atoms with E-state index < -0.39 is 11.9 Å². The maximum Gasteiger partial charge on any atom is 0.262 e. The molecule has 148 valence electrons. The topological polar surface area (TPSA) is 79.8 Å². The highest BCUT2D eigenvalue weighted by Gasteiger charge is 2.24. The van der Waals surface area contributed by atoms with Crippen LogP contribution in [-0.4, -0.2) is 31.2 Å². The largest absolute Gasteiger partial charge is 0.496 e. The van der Waals surface area contributed by atoms with Crippen LogP contribution in [-0.2, 0) is 4.79 Å². The quantitative estimate of drug-likeness (QED) is 0.550. The number of amides is 2. The molecule has 0 saturated carbocycles. The lowest BCUT2D eigenvalue weighted by Gasteiger charge is -2.20. The summed E-state index contributed by atoms with van der Waals surface area (Å²) in [4.78, 5) is 24.9. The van der Waals surface area contributed by atoms with Gasteiger partial charge in [0, 0.05) is 10.6 Å². The van der Waals surface area contributed by atoms with E-state index in [1.807, 2.05) is 39.0 Å². The third kappa shape index (κ3) is 5.82. The molecule has 0 spiro atoms. The van der Waals surface area contributed by atoms with Crippen LogP contribution in [0.15, 0.2) is 47.6 Å². The summed E-state index contributed by atoms with van der Waals surface area (Å²) in [5.74, 6) is -0.161. The van der Waals surface area contributed by atoms with Crippen molar-refractivity contribution in [1.82, 2.24) is 10.7 Å². The molecule has 28 heavy (non-hydrogen) atoms. The van der Waals surface area contributed by atoms with Crippen molar-refractivity contribution in [3.63, 3.8) is 0 Å². The predicted octanol–water partition coefficient (Wildman–Crippen LogP) is 3.56. The van der Waals surface area contributed by atoms with Gasteiger partial charge in [-0.25, -0.2) is 5.43 Å². The van der Waals surface area contributed by atoms with E-state index in [9.17, 15) is 9.59 Å². The molecular weight excluding hydrogens is 378 g/mol. The Balaban J connectivity index is 2.03. The van der Waals surface area contributed by atoms with E-state index in [2.05, 4.69) is 15.8 Å².